The lowest BCUT2D eigenvalue weighted by molar-refractivity contribution is 0.0696. The van der Waals surface area contributed by atoms with E-state index in [2.05, 4.69) is 10.3 Å². The zero-order valence-corrected chi connectivity index (χ0v) is 14.2. The van der Waals surface area contributed by atoms with Crippen LogP contribution in [0.1, 0.15) is 39.3 Å². The van der Waals surface area contributed by atoms with E-state index in [1.54, 1.807) is 30.0 Å². The lowest BCUT2D eigenvalue weighted by atomic mass is 10.0. The van der Waals surface area contributed by atoms with Crippen LogP contribution < -0.4 is 10.9 Å². The molecule has 2 N–H and O–H groups in total. The van der Waals surface area contributed by atoms with Crippen LogP contribution >= 0.6 is 11.3 Å². The average molecular weight is 345 g/mol. The van der Waals surface area contributed by atoms with Gasteiger partial charge < -0.3 is 15.2 Å². The van der Waals surface area contributed by atoms with Crippen LogP contribution in [0.15, 0.2) is 33.8 Å². The van der Waals surface area contributed by atoms with Crippen molar-refractivity contribution in [1.82, 2.24) is 15.2 Å². The molecule has 0 aromatic carbocycles. The Kier molecular flexibility index (Phi) is 4.80. The monoisotopic (exact) mass is 345 g/mol. The minimum absolute atomic E-state index is 0.0535. The number of hydrogen-bond acceptors (Lipinski definition) is 4. The molecule has 1 saturated heterocycles. The number of thiophene rings is 1. The molecule has 2 amide bonds. The molecule has 0 spiro atoms. The molecule has 3 heterocycles. The number of aromatic nitrogens is 1. The highest BCUT2D eigenvalue weighted by Crippen LogP contribution is 2.14. The Morgan fingerprint density at radius 1 is 1.25 bits per heavy atom. The molecule has 0 radical (unpaired) electrons. The van der Waals surface area contributed by atoms with Crippen LogP contribution in [-0.4, -0.2) is 40.8 Å². The number of carbonyl (C=O) groups excluding carboxylic acids is 2. The number of aryl methyl sites for hydroxylation is 1. The van der Waals surface area contributed by atoms with E-state index in [1.165, 1.54) is 11.3 Å². The van der Waals surface area contributed by atoms with E-state index in [4.69, 9.17) is 0 Å². The topological polar surface area (TPSA) is 82.3 Å². The first-order chi connectivity index (χ1) is 11.5. The number of amides is 2. The summed E-state index contributed by atoms with van der Waals surface area (Å²) in [6.07, 6.45) is 1.37. The Balaban J connectivity index is 1.57. The summed E-state index contributed by atoms with van der Waals surface area (Å²) in [5, 5.41) is 6.69. The van der Waals surface area contributed by atoms with Crippen molar-refractivity contribution < 1.29 is 9.59 Å². The fraction of sp³-hybridized carbons (Fsp3) is 0.353. The van der Waals surface area contributed by atoms with Crippen LogP contribution in [0, 0.1) is 6.92 Å². The fourth-order valence-corrected chi connectivity index (χ4v) is 3.44. The van der Waals surface area contributed by atoms with Crippen LogP contribution in [0.25, 0.3) is 0 Å². The van der Waals surface area contributed by atoms with Crippen LogP contribution in [0.3, 0.4) is 0 Å². The molecule has 1 aliphatic rings. The van der Waals surface area contributed by atoms with E-state index in [-0.39, 0.29) is 29.0 Å². The van der Waals surface area contributed by atoms with E-state index in [9.17, 15) is 14.4 Å². The van der Waals surface area contributed by atoms with Crippen molar-refractivity contribution in [2.75, 3.05) is 13.1 Å². The van der Waals surface area contributed by atoms with Crippen molar-refractivity contribution in [3.05, 3.63) is 56.1 Å². The molecule has 126 valence electrons. The highest BCUT2D eigenvalue weighted by Gasteiger charge is 2.26. The molecule has 0 atom stereocenters. The van der Waals surface area contributed by atoms with Crippen LogP contribution in [0.4, 0.5) is 0 Å². The summed E-state index contributed by atoms with van der Waals surface area (Å²) < 4.78 is 0. The van der Waals surface area contributed by atoms with E-state index >= 15 is 0 Å². The number of rotatable bonds is 3. The molecule has 2 aromatic heterocycles. The second-order valence-corrected chi connectivity index (χ2v) is 6.72. The van der Waals surface area contributed by atoms with Gasteiger partial charge in [-0.2, -0.15) is 11.3 Å². The van der Waals surface area contributed by atoms with Gasteiger partial charge in [-0.1, -0.05) is 0 Å². The maximum Gasteiger partial charge on any atom is 0.260 e. The Bertz CT molecular complexity index is 790. The predicted molar refractivity (Wildman–Crippen MR) is 92.5 cm³/mol. The van der Waals surface area contributed by atoms with Gasteiger partial charge in [0.2, 0.25) is 0 Å². The maximum absolute atomic E-state index is 12.5. The van der Waals surface area contributed by atoms with E-state index in [0.29, 0.717) is 31.5 Å². The van der Waals surface area contributed by atoms with Crippen molar-refractivity contribution in [1.29, 1.82) is 0 Å². The standard InChI is InChI=1S/C17H19N3O3S/c1-11-2-3-14(16(22)18-11)17(23)20-7-4-13(5-8-20)19-15(21)12-6-9-24-10-12/h2-3,6,9-10,13H,4-5,7-8H2,1H3,(H,18,22)(H,19,21). The van der Waals surface area contributed by atoms with Crippen LogP contribution in [-0.2, 0) is 0 Å². The quantitative estimate of drug-likeness (QED) is 0.889. The highest BCUT2D eigenvalue weighted by molar-refractivity contribution is 7.08. The highest BCUT2D eigenvalue weighted by atomic mass is 32.1. The Hall–Kier alpha value is -2.41. The summed E-state index contributed by atoms with van der Waals surface area (Å²) in [6.45, 7) is 2.83. The van der Waals surface area contributed by atoms with Gasteiger partial charge in [0.1, 0.15) is 5.56 Å². The molecule has 7 heteroatoms. The number of pyridine rings is 1. The SMILES string of the molecule is Cc1ccc(C(=O)N2CCC(NC(=O)c3ccsc3)CC2)c(=O)[nH]1. The summed E-state index contributed by atoms with van der Waals surface area (Å²) in [5.74, 6) is -0.324. The zero-order valence-electron chi connectivity index (χ0n) is 13.4. The van der Waals surface area contributed by atoms with Crippen molar-refractivity contribution >= 4 is 23.2 Å². The Morgan fingerprint density at radius 3 is 2.62 bits per heavy atom. The number of H-pyrrole nitrogens is 1. The van der Waals surface area contributed by atoms with Gasteiger partial charge >= 0.3 is 0 Å². The largest absolute Gasteiger partial charge is 0.349 e. The summed E-state index contributed by atoms with van der Waals surface area (Å²) in [7, 11) is 0. The lowest BCUT2D eigenvalue weighted by Gasteiger charge is -2.32. The average Bonchev–Trinajstić information content (AvgIpc) is 3.09. The Labute approximate surface area is 143 Å². The summed E-state index contributed by atoms with van der Waals surface area (Å²) in [6, 6.07) is 5.14. The number of nitrogens with zero attached hydrogens (tertiary/aromatic N) is 1. The van der Waals surface area contributed by atoms with E-state index in [0.717, 1.165) is 5.69 Å². The first kappa shape index (κ1) is 16.4. The second kappa shape index (κ2) is 7.00. The molecule has 6 nitrogen and oxygen atoms in total. The number of likely N-dealkylation sites (tertiary alicyclic amines) is 1. The number of aromatic amines is 1. The molecule has 0 aliphatic carbocycles. The molecular formula is C17H19N3O3S. The third kappa shape index (κ3) is 3.56. The molecule has 1 aliphatic heterocycles. The van der Waals surface area contributed by atoms with Gasteiger partial charge in [0.05, 0.1) is 0 Å². The third-order valence-electron chi connectivity index (χ3n) is 4.19. The molecule has 3 rings (SSSR count). The molecule has 2 aromatic rings. The van der Waals surface area contributed by atoms with Crippen LogP contribution in [0.5, 0.6) is 0 Å². The van der Waals surface area contributed by atoms with Gasteiger partial charge in [-0.25, -0.2) is 0 Å². The fourth-order valence-electron chi connectivity index (χ4n) is 2.80. The zero-order chi connectivity index (χ0) is 17.1. The van der Waals surface area contributed by atoms with Crippen LogP contribution in [0.2, 0.25) is 0 Å². The smallest absolute Gasteiger partial charge is 0.260 e. The Morgan fingerprint density at radius 2 is 2.00 bits per heavy atom. The minimum Gasteiger partial charge on any atom is -0.349 e. The number of carbonyl (C=O) groups is 2. The minimum atomic E-state index is -0.354. The molecule has 0 bridgehead atoms. The molecule has 1 fully saturated rings. The van der Waals surface area contributed by atoms with Crippen molar-refractivity contribution in [2.24, 2.45) is 0 Å². The summed E-state index contributed by atoms with van der Waals surface area (Å²) in [5.41, 5.74) is 1.21. The molecule has 24 heavy (non-hydrogen) atoms. The number of hydrogen-bond donors (Lipinski definition) is 2. The lowest BCUT2D eigenvalue weighted by Crippen LogP contribution is -2.47. The first-order valence-corrected chi connectivity index (χ1v) is 8.81. The maximum atomic E-state index is 12.5. The first-order valence-electron chi connectivity index (χ1n) is 7.87. The van der Waals surface area contributed by atoms with Crippen molar-refractivity contribution in [2.45, 2.75) is 25.8 Å². The van der Waals surface area contributed by atoms with E-state index < -0.39 is 0 Å². The van der Waals surface area contributed by atoms with E-state index in [1.807, 2.05) is 10.8 Å². The van der Waals surface area contributed by atoms with Gasteiger partial charge in [-0.3, -0.25) is 14.4 Å². The molecule has 0 saturated carbocycles. The summed E-state index contributed by atoms with van der Waals surface area (Å²) >= 11 is 1.49. The van der Waals surface area contributed by atoms with Gasteiger partial charge in [0, 0.05) is 35.8 Å². The molecular weight excluding hydrogens is 326 g/mol. The predicted octanol–water partition coefficient (Wildman–Crippen LogP) is 1.78. The molecule has 0 unspecified atom stereocenters. The number of piperidine rings is 1. The van der Waals surface area contributed by atoms with Gasteiger partial charge in [0.25, 0.3) is 17.4 Å². The van der Waals surface area contributed by atoms with Gasteiger partial charge in [-0.05, 0) is 43.3 Å². The normalized spacial score (nSPS) is 15.3. The van der Waals surface area contributed by atoms with Gasteiger partial charge in [0.15, 0.2) is 0 Å². The number of nitrogens with one attached hydrogen (secondary N) is 2. The van der Waals surface area contributed by atoms with Crippen molar-refractivity contribution in [3.63, 3.8) is 0 Å². The summed E-state index contributed by atoms with van der Waals surface area (Å²) in [4.78, 5) is 40.8. The van der Waals surface area contributed by atoms with Gasteiger partial charge in [-0.15, -0.1) is 0 Å². The third-order valence-corrected chi connectivity index (χ3v) is 4.87. The second-order valence-electron chi connectivity index (χ2n) is 5.94. The van der Waals surface area contributed by atoms with Crippen molar-refractivity contribution in [3.8, 4) is 0 Å².